The molecule has 2 heterocycles. The topological polar surface area (TPSA) is 110 Å². The maximum Gasteiger partial charge on any atom is 0.262 e. The summed E-state index contributed by atoms with van der Waals surface area (Å²) in [5.41, 5.74) is 13.8. The molecule has 2 aliphatic heterocycles. The van der Waals surface area contributed by atoms with Crippen LogP contribution in [-0.4, -0.2) is 30.0 Å². The summed E-state index contributed by atoms with van der Waals surface area (Å²) < 4.78 is 6.14. The van der Waals surface area contributed by atoms with Crippen LogP contribution in [0.5, 0.6) is 11.5 Å². The Balaban J connectivity index is 1.61. The zero-order chi connectivity index (χ0) is 21.6. The Bertz CT molecular complexity index is 1100. The van der Waals surface area contributed by atoms with Crippen molar-refractivity contribution in [2.75, 3.05) is 16.3 Å². The van der Waals surface area contributed by atoms with Crippen LogP contribution in [-0.2, 0) is 0 Å². The Morgan fingerprint density at radius 1 is 1.06 bits per heavy atom. The van der Waals surface area contributed by atoms with Crippen molar-refractivity contribution in [1.82, 2.24) is 0 Å². The largest absolute Gasteiger partial charge is 0.454 e. The second-order valence-electron chi connectivity index (χ2n) is 8.12. The molecule has 2 aromatic rings. The molecule has 1 saturated carbocycles. The molecule has 5 rings (SSSR count). The minimum atomic E-state index is -0.565. The molecule has 31 heavy (non-hydrogen) atoms. The van der Waals surface area contributed by atoms with E-state index < -0.39 is 5.66 Å². The predicted molar refractivity (Wildman–Crippen MR) is 122 cm³/mol. The molecule has 0 saturated heterocycles. The molecule has 4 N–H and O–H groups in total. The lowest BCUT2D eigenvalue weighted by molar-refractivity contribution is 0.0988. The normalized spacial score (nSPS) is 19.7. The quantitative estimate of drug-likeness (QED) is 0.775. The molecule has 160 valence electrons. The fraction of sp³-hybridized carbons (Fsp3) is 0.348. The molecule has 0 radical (unpaired) electrons. The first-order chi connectivity index (χ1) is 15.0. The fourth-order valence-electron chi connectivity index (χ4n) is 4.86. The van der Waals surface area contributed by atoms with Crippen molar-refractivity contribution in [3.05, 3.63) is 48.0 Å². The van der Waals surface area contributed by atoms with Gasteiger partial charge in [-0.05, 0) is 62.9 Å². The third kappa shape index (κ3) is 3.10. The van der Waals surface area contributed by atoms with Gasteiger partial charge in [-0.15, -0.1) is 0 Å². The number of para-hydroxylation sites is 2. The molecule has 1 fully saturated rings. The van der Waals surface area contributed by atoms with E-state index in [1.54, 1.807) is 4.90 Å². The summed E-state index contributed by atoms with van der Waals surface area (Å²) in [5, 5.41) is 0. The van der Waals surface area contributed by atoms with Gasteiger partial charge < -0.3 is 21.1 Å². The van der Waals surface area contributed by atoms with Crippen LogP contribution in [0.15, 0.2) is 52.4 Å². The van der Waals surface area contributed by atoms with Crippen molar-refractivity contribution in [2.45, 2.75) is 44.7 Å². The van der Waals surface area contributed by atoms with Gasteiger partial charge in [-0.2, -0.15) is 4.99 Å². The second kappa shape index (κ2) is 7.30. The number of benzene rings is 2. The molecule has 1 amide bonds. The number of hydrogen-bond acceptors (Lipinski definition) is 7. The number of nitrogens with zero attached hydrogens (tertiary/aromatic N) is 4. The number of ether oxygens (including phenoxy) is 1. The molecule has 2 aromatic carbocycles. The Morgan fingerprint density at radius 2 is 1.84 bits per heavy atom. The Labute approximate surface area is 181 Å². The average Bonchev–Trinajstić information content (AvgIpc) is 2.87. The standard InChI is InChI=1S/C23H26N6O2/c1-2-28-17-8-4-5-9-19(17)31-18-11-10-15(14-16(18)20(28)30)29-22(25)26-21(24)27-23(29)12-6-3-7-13-23/h4-5,8-11,14H,2-3,6-7,12-13H2,1H3,(H4,24,25,26,27). The Kier molecular flexibility index (Phi) is 4.57. The highest BCUT2D eigenvalue weighted by molar-refractivity contribution is 6.11. The smallest absolute Gasteiger partial charge is 0.262 e. The number of anilines is 2. The number of aliphatic imine (C=N–C) groups is 2. The van der Waals surface area contributed by atoms with E-state index in [9.17, 15) is 4.79 Å². The molecule has 0 aromatic heterocycles. The zero-order valence-corrected chi connectivity index (χ0v) is 17.5. The zero-order valence-electron chi connectivity index (χ0n) is 17.5. The van der Waals surface area contributed by atoms with Crippen molar-refractivity contribution < 1.29 is 9.53 Å². The molecular weight excluding hydrogens is 392 g/mol. The van der Waals surface area contributed by atoms with Gasteiger partial charge in [0.05, 0.1) is 11.3 Å². The van der Waals surface area contributed by atoms with Crippen LogP contribution in [0, 0.1) is 0 Å². The molecule has 0 bridgehead atoms. The van der Waals surface area contributed by atoms with Crippen molar-refractivity contribution in [3.8, 4) is 11.5 Å². The van der Waals surface area contributed by atoms with Crippen molar-refractivity contribution >= 4 is 29.2 Å². The highest BCUT2D eigenvalue weighted by Gasteiger charge is 2.43. The van der Waals surface area contributed by atoms with E-state index in [1.165, 1.54) is 0 Å². The number of fused-ring (bicyclic) bond motifs is 2. The van der Waals surface area contributed by atoms with Crippen LogP contribution in [0.3, 0.4) is 0 Å². The van der Waals surface area contributed by atoms with Crippen molar-refractivity contribution in [3.63, 3.8) is 0 Å². The molecule has 8 nitrogen and oxygen atoms in total. The second-order valence-corrected chi connectivity index (χ2v) is 8.12. The van der Waals surface area contributed by atoms with Gasteiger partial charge in [0.2, 0.25) is 11.9 Å². The number of amides is 1. The molecule has 3 aliphatic rings. The lowest BCUT2D eigenvalue weighted by atomic mass is 9.87. The summed E-state index contributed by atoms with van der Waals surface area (Å²) in [6.07, 6.45) is 4.89. The van der Waals surface area contributed by atoms with Crippen LogP contribution < -0.4 is 26.0 Å². The minimum Gasteiger partial charge on any atom is -0.454 e. The van der Waals surface area contributed by atoms with Gasteiger partial charge in [-0.3, -0.25) is 9.69 Å². The third-order valence-electron chi connectivity index (χ3n) is 6.24. The van der Waals surface area contributed by atoms with E-state index in [4.69, 9.17) is 21.2 Å². The average molecular weight is 419 g/mol. The number of carbonyl (C=O) groups excluding carboxylic acids is 1. The minimum absolute atomic E-state index is 0.113. The van der Waals surface area contributed by atoms with E-state index in [0.29, 0.717) is 29.6 Å². The predicted octanol–water partition coefficient (Wildman–Crippen LogP) is 3.57. The molecule has 1 aliphatic carbocycles. The maximum absolute atomic E-state index is 13.5. The van der Waals surface area contributed by atoms with Crippen molar-refractivity contribution in [1.29, 1.82) is 0 Å². The van der Waals surface area contributed by atoms with Gasteiger partial charge in [0.15, 0.2) is 5.75 Å². The number of rotatable bonds is 2. The molecule has 8 heteroatoms. The van der Waals surface area contributed by atoms with Gasteiger partial charge in [0, 0.05) is 12.2 Å². The highest BCUT2D eigenvalue weighted by atomic mass is 16.5. The summed E-state index contributed by atoms with van der Waals surface area (Å²) in [4.78, 5) is 26.1. The maximum atomic E-state index is 13.5. The summed E-state index contributed by atoms with van der Waals surface area (Å²) in [7, 11) is 0. The van der Waals surface area contributed by atoms with Crippen LogP contribution in [0.2, 0.25) is 0 Å². The molecule has 1 spiro atoms. The van der Waals surface area contributed by atoms with Crippen LogP contribution in [0.25, 0.3) is 0 Å². The number of nitrogens with two attached hydrogens (primary N) is 2. The Hall–Kier alpha value is -3.55. The van der Waals surface area contributed by atoms with Gasteiger partial charge in [0.1, 0.15) is 11.4 Å². The van der Waals surface area contributed by atoms with E-state index in [0.717, 1.165) is 43.5 Å². The monoisotopic (exact) mass is 418 g/mol. The third-order valence-corrected chi connectivity index (χ3v) is 6.24. The van der Waals surface area contributed by atoms with Crippen LogP contribution in [0.1, 0.15) is 49.4 Å². The summed E-state index contributed by atoms with van der Waals surface area (Å²) >= 11 is 0. The van der Waals surface area contributed by atoms with E-state index in [2.05, 4.69) is 4.99 Å². The van der Waals surface area contributed by atoms with E-state index >= 15 is 0 Å². The van der Waals surface area contributed by atoms with Gasteiger partial charge >= 0.3 is 0 Å². The molecule has 0 atom stereocenters. The first-order valence-corrected chi connectivity index (χ1v) is 10.7. The highest BCUT2D eigenvalue weighted by Crippen LogP contribution is 2.43. The van der Waals surface area contributed by atoms with Crippen LogP contribution in [0.4, 0.5) is 11.4 Å². The van der Waals surface area contributed by atoms with E-state index in [1.807, 2.05) is 54.3 Å². The number of guanidine groups is 2. The first-order valence-electron chi connectivity index (χ1n) is 10.7. The van der Waals surface area contributed by atoms with E-state index in [-0.39, 0.29) is 11.9 Å². The molecule has 0 unspecified atom stereocenters. The van der Waals surface area contributed by atoms with Crippen LogP contribution >= 0.6 is 0 Å². The molecular formula is C23H26N6O2. The van der Waals surface area contributed by atoms with Gasteiger partial charge in [-0.25, -0.2) is 4.99 Å². The van der Waals surface area contributed by atoms with Gasteiger partial charge in [0.25, 0.3) is 5.91 Å². The lowest BCUT2D eigenvalue weighted by Crippen LogP contribution is -2.58. The Morgan fingerprint density at radius 3 is 2.61 bits per heavy atom. The van der Waals surface area contributed by atoms with Gasteiger partial charge in [-0.1, -0.05) is 18.6 Å². The summed E-state index contributed by atoms with van der Waals surface area (Å²) in [5.74, 6) is 1.57. The lowest BCUT2D eigenvalue weighted by Gasteiger charge is -2.45. The fourth-order valence-corrected chi connectivity index (χ4v) is 4.86. The number of hydrogen-bond donors (Lipinski definition) is 2. The van der Waals surface area contributed by atoms with Crippen molar-refractivity contribution in [2.24, 2.45) is 21.5 Å². The summed E-state index contributed by atoms with van der Waals surface area (Å²) in [6, 6.07) is 13.1. The summed E-state index contributed by atoms with van der Waals surface area (Å²) in [6.45, 7) is 2.48. The first kappa shape index (κ1) is 19.4. The number of carbonyl (C=O) groups is 1. The SMILES string of the molecule is CCN1C(=O)c2cc(N3C(N)=NC(N)=NC34CCCCC4)ccc2Oc2ccccc21.